The Hall–Kier alpha value is -2.15. The number of hydrogen-bond acceptors (Lipinski definition) is 5. The van der Waals surface area contributed by atoms with Crippen LogP contribution in [-0.4, -0.2) is 44.9 Å². The minimum atomic E-state index is -0.0523. The number of anilines is 1. The van der Waals surface area contributed by atoms with Gasteiger partial charge in [0.2, 0.25) is 5.91 Å². The molecule has 3 heterocycles. The summed E-state index contributed by atoms with van der Waals surface area (Å²) < 4.78 is 7.03. The molecule has 1 amide bonds. The molecule has 1 saturated heterocycles. The maximum absolute atomic E-state index is 12.3. The lowest BCUT2D eigenvalue weighted by atomic mass is 10.0. The van der Waals surface area contributed by atoms with Crippen LogP contribution >= 0.6 is 0 Å². The maximum atomic E-state index is 12.3. The first-order valence-corrected chi connectivity index (χ1v) is 8.49. The van der Waals surface area contributed by atoms with E-state index < -0.39 is 0 Å². The molecule has 24 heavy (non-hydrogen) atoms. The van der Waals surface area contributed by atoms with Crippen molar-refractivity contribution in [1.29, 1.82) is 0 Å². The highest BCUT2D eigenvalue weighted by molar-refractivity contribution is 5.91. The summed E-state index contributed by atoms with van der Waals surface area (Å²) in [5.74, 6) is 1.11. The number of aromatic nitrogens is 3. The van der Waals surface area contributed by atoms with Crippen LogP contribution in [0.2, 0.25) is 0 Å². The molecular formula is C17H25N5O2. The fourth-order valence-electron chi connectivity index (χ4n) is 3.33. The van der Waals surface area contributed by atoms with Crippen LogP contribution in [-0.2, 0) is 11.3 Å². The molecule has 0 aliphatic carbocycles. The van der Waals surface area contributed by atoms with Crippen molar-refractivity contribution < 1.29 is 9.32 Å². The molecule has 3 rings (SSSR count). The number of nitrogens with zero attached hydrogens (tertiary/aromatic N) is 4. The Bertz CT molecular complexity index is 706. The molecule has 130 valence electrons. The van der Waals surface area contributed by atoms with Gasteiger partial charge < -0.3 is 9.84 Å². The van der Waals surface area contributed by atoms with Crippen LogP contribution in [0.15, 0.2) is 16.7 Å². The van der Waals surface area contributed by atoms with Crippen molar-refractivity contribution in [3.8, 4) is 0 Å². The number of piperidine rings is 1. The summed E-state index contributed by atoms with van der Waals surface area (Å²) in [5, 5.41) is 11.2. The summed E-state index contributed by atoms with van der Waals surface area (Å²) in [6, 6.07) is 4.15. The van der Waals surface area contributed by atoms with Gasteiger partial charge in [-0.05, 0) is 46.2 Å². The van der Waals surface area contributed by atoms with E-state index in [0.29, 0.717) is 24.2 Å². The number of aryl methyl sites for hydroxylation is 3. The predicted octanol–water partition coefficient (Wildman–Crippen LogP) is 2.29. The Morgan fingerprint density at radius 1 is 1.33 bits per heavy atom. The topological polar surface area (TPSA) is 76.2 Å². The highest BCUT2D eigenvalue weighted by Crippen LogP contribution is 2.19. The zero-order valence-electron chi connectivity index (χ0n) is 14.6. The van der Waals surface area contributed by atoms with E-state index in [-0.39, 0.29) is 5.91 Å². The van der Waals surface area contributed by atoms with E-state index in [9.17, 15) is 4.79 Å². The molecule has 7 heteroatoms. The van der Waals surface area contributed by atoms with Crippen molar-refractivity contribution in [3.05, 3.63) is 29.3 Å². The molecule has 7 nitrogen and oxygen atoms in total. The Labute approximate surface area is 142 Å². The Morgan fingerprint density at radius 2 is 2.17 bits per heavy atom. The van der Waals surface area contributed by atoms with E-state index in [4.69, 9.17) is 4.52 Å². The van der Waals surface area contributed by atoms with Gasteiger partial charge in [0.25, 0.3) is 0 Å². The second-order valence-corrected chi connectivity index (χ2v) is 6.60. The van der Waals surface area contributed by atoms with Gasteiger partial charge in [0.15, 0.2) is 5.82 Å². The largest absolute Gasteiger partial charge is 0.360 e. The third kappa shape index (κ3) is 4.03. The summed E-state index contributed by atoms with van der Waals surface area (Å²) in [7, 11) is 0. The van der Waals surface area contributed by atoms with Crippen molar-refractivity contribution >= 4 is 11.7 Å². The maximum Gasteiger partial charge on any atom is 0.239 e. The molecule has 0 radical (unpaired) electrons. The number of carbonyl (C=O) groups excluding carboxylic acids is 1. The predicted molar refractivity (Wildman–Crippen MR) is 90.8 cm³/mol. The Kier molecular flexibility index (Phi) is 4.99. The van der Waals surface area contributed by atoms with E-state index in [2.05, 4.69) is 38.1 Å². The SMILES string of the molecule is Cc1cc(C)n(CC2CCCCN2CC(=O)Nc2cc(C)on2)n1. The van der Waals surface area contributed by atoms with Gasteiger partial charge in [-0.3, -0.25) is 14.4 Å². The zero-order chi connectivity index (χ0) is 17.1. The van der Waals surface area contributed by atoms with Crippen molar-refractivity contribution in [1.82, 2.24) is 19.8 Å². The zero-order valence-corrected chi connectivity index (χ0v) is 14.6. The molecule has 0 bridgehead atoms. The average Bonchev–Trinajstić information content (AvgIpc) is 3.06. The molecule has 0 aromatic carbocycles. The third-order valence-electron chi connectivity index (χ3n) is 4.48. The van der Waals surface area contributed by atoms with Crippen LogP contribution in [0.4, 0.5) is 5.82 Å². The Morgan fingerprint density at radius 3 is 2.83 bits per heavy atom. The summed E-state index contributed by atoms with van der Waals surface area (Å²) in [6.45, 7) is 8.03. The van der Waals surface area contributed by atoms with Gasteiger partial charge in [-0.15, -0.1) is 0 Å². The van der Waals surface area contributed by atoms with Gasteiger partial charge >= 0.3 is 0 Å². The summed E-state index contributed by atoms with van der Waals surface area (Å²) in [5.41, 5.74) is 2.20. The monoisotopic (exact) mass is 331 g/mol. The van der Waals surface area contributed by atoms with E-state index in [0.717, 1.165) is 31.6 Å². The molecular weight excluding hydrogens is 306 g/mol. The van der Waals surface area contributed by atoms with Gasteiger partial charge in [-0.25, -0.2) is 0 Å². The molecule has 1 unspecified atom stereocenters. The van der Waals surface area contributed by atoms with Gasteiger partial charge in [0.05, 0.1) is 18.8 Å². The van der Waals surface area contributed by atoms with Crippen LogP contribution in [0.5, 0.6) is 0 Å². The molecule has 1 fully saturated rings. The van der Waals surface area contributed by atoms with E-state index in [1.54, 1.807) is 13.0 Å². The second kappa shape index (κ2) is 7.17. The minimum absolute atomic E-state index is 0.0523. The van der Waals surface area contributed by atoms with Crippen molar-refractivity contribution in [2.24, 2.45) is 0 Å². The van der Waals surface area contributed by atoms with Gasteiger partial charge in [0.1, 0.15) is 5.76 Å². The first kappa shape index (κ1) is 16.7. The quantitative estimate of drug-likeness (QED) is 0.910. The van der Waals surface area contributed by atoms with Crippen LogP contribution < -0.4 is 5.32 Å². The van der Waals surface area contributed by atoms with E-state index >= 15 is 0 Å². The van der Waals surface area contributed by atoms with Crippen LogP contribution in [0.3, 0.4) is 0 Å². The summed E-state index contributed by atoms with van der Waals surface area (Å²) in [6.07, 6.45) is 3.42. The summed E-state index contributed by atoms with van der Waals surface area (Å²) >= 11 is 0. The van der Waals surface area contributed by atoms with Crippen LogP contribution in [0.25, 0.3) is 0 Å². The smallest absolute Gasteiger partial charge is 0.239 e. The first-order valence-electron chi connectivity index (χ1n) is 8.49. The molecule has 2 aromatic rings. The van der Waals surface area contributed by atoms with Crippen molar-refractivity contribution in [2.75, 3.05) is 18.4 Å². The third-order valence-corrected chi connectivity index (χ3v) is 4.48. The Balaban J connectivity index is 1.61. The van der Waals surface area contributed by atoms with E-state index in [1.165, 1.54) is 12.1 Å². The highest BCUT2D eigenvalue weighted by atomic mass is 16.5. The van der Waals surface area contributed by atoms with Crippen molar-refractivity contribution in [3.63, 3.8) is 0 Å². The van der Waals surface area contributed by atoms with Gasteiger partial charge in [0, 0.05) is 17.8 Å². The molecule has 1 atom stereocenters. The first-order chi connectivity index (χ1) is 11.5. The van der Waals surface area contributed by atoms with Crippen LogP contribution in [0.1, 0.15) is 36.4 Å². The lowest BCUT2D eigenvalue weighted by Crippen LogP contribution is -2.46. The fraction of sp³-hybridized carbons (Fsp3) is 0.588. The molecule has 0 spiro atoms. The molecule has 1 aliphatic rings. The number of carbonyl (C=O) groups is 1. The number of rotatable bonds is 5. The number of amides is 1. The van der Waals surface area contributed by atoms with Gasteiger partial charge in [-0.1, -0.05) is 11.6 Å². The number of hydrogen-bond donors (Lipinski definition) is 1. The average molecular weight is 331 g/mol. The summed E-state index contributed by atoms with van der Waals surface area (Å²) in [4.78, 5) is 14.6. The lowest BCUT2D eigenvalue weighted by Gasteiger charge is -2.35. The second-order valence-electron chi connectivity index (χ2n) is 6.60. The standard InChI is InChI=1S/C17H25N5O2/c1-12-8-13(2)22(19-12)10-15-6-4-5-7-21(15)11-17(23)18-16-9-14(3)24-20-16/h8-9,15H,4-7,10-11H2,1-3H3,(H,18,20,23). The fourth-order valence-corrected chi connectivity index (χ4v) is 3.33. The highest BCUT2D eigenvalue weighted by Gasteiger charge is 2.25. The van der Waals surface area contributed by atoms with Crippen molar-refractivity contribution in [2.45, 2.75) is 52.6 Å². The number of likely N-dealkylation sites (tertiary alicyclic amines) is 1. The minimum Gasteiger partial charge on any atom is -0.360 e. The molecule has 2 aromatic heterocycles. The van der Waals surface area contributed by atoms with E-state index in [1.807, 2.05) is 6.92 Å². The molecule has 1 aliphatic heterocycles. The normalized spacial score (nSPS) is 18.7. The molecule has 0 saturated carbocycles. The molecule has 1 N–H and O–H groups in total. The van der Waals surface area contributed by atoms with Crippen LogP contribution in [0, 0.1) is 20.8 Å². The van der Waals surface area contributed by atoms with Gasteiger partial charge in [-0.2, -0.15) is 5.10 Å². The lowest BCUT2D eigenvalue weighted by molar-refractivity contribution is -0.118. The number of nitrogens with one attached hydrogen (secondary N) is 1.